The third-order valence-corrected chi connectivity index (χ3v) is 4.17. The fourth-order valence-electron chi connectivity index (χ4n) is 1.95. The molecule has 118 valence electrons. The topological polar surface area (TPSA) is 40.5 Å². The number of allylic oxidation sites excluding steroid dienone is 1. The molecule has 0 aliphatic heterocycles. The summed E-state index contributed by atoms with van der Waals surface area (Å²) in [6.07, 6.45) is 6.04. The highest BCUT2D eigenvalue weighted by Gasteiger charge is 2.05. The van der Waals surface area contributed by atoms with E-state index in [4.69, 9.17) is 4.99 Å². The molecule has 0 bridgehead atoms. The average molecular weight is 308 g/mol. The summed E-state index contributed by atoms with van der Waals surface area (Å²) in [6, 6.07) is 0. The second-order valence-corrected chi connectivity index (χ2v) is 5.87. The second kappa shape index (κ2) is 10.4. The van der Waals surface area contributed by atoms with Crippen molar-refractivity contribution in [2.45, 2.75) is 39.5 Å². The summed E-state index contributed by atoms with van der Waals surface area (Å²) in [6.45, 7) is 10.7. The Bertz CT molecular complexity index is 439. The van der Waals surface area contributed by atoms with Gasteiger partial charge in [-0.25, -0.2) is 4.98 Å². The van der Waals surface area contributed by atoms with Crippen LogP contribution in [0.1, 0.15) is 37.4 Å². The number of unbranched alkanes of at least 4 members (excludes halogenated alkanes) is 1. The predicted molar refractivity (Wildman–Crippen MR) is 93.2 cm³/mol. The van der Waals surface area contributed by atoms with E-state index in [0.29, 0.717) is 0 Å². The van der Waals surface area contributed by atoms with Crippen molar-refractivity contribution in [1.29, 1.82) is 0 Å². The second-order valence-electron chi connectivity index (χ2n) is 4.92. The zero-order chi connectivity index (χ0) is 15.5. The van der Waals surface area contributed by atoms with Crippen LogP contribution in [0, 0.1) is 0 Å². The van der Waals surface area contributed by atoms with Crippen molar-refractivity contribution in [2.75, 3.05) is 26.7 Å². The highest BCUT2D eigenvalue weighted by molar-refractivity contribution is 7.09. The van der Waals surface area contributed by atoms with Crippen molar-refractivity contribution in [3.63, 3.8) is 0 Å². The van der Waals surface area contributed by atoms with Gasteiger partial charge in [-0.3, -0.25) is 4.99 Å². The molecule has 0 radical (unpaired) electrons. The molecule has 0 aliphatic rings. The molecule has 5 heteroatoms. The summed E-state index contributed by atoms with van der Waals surface area (Å²) in [5.74, 6) is 0.979. The van der Waals surface area contributed by atoms with Crippen molar-refractivity contribution < 1.29 is 0 Å². The van der Waals surface area contributed by atoms with Crippen LogP contribution in [-0.4, -0.2) is 42.5 Å². The molecule has 0 saturated heterocycles. The summed E-state index contributed by atoms with van der Waals surface area (Å²) >= 11 is 1.74. The fourth-order valence-corrected chi connectivity index (χ4v) is 2.73. The lowest BCUT2D eigenvalue weighted by molar-refractivity contribution is 0.470. The Kier molecular flexibility index (Phi) is 8.74. The number of nitrogens with one attached hydrogen (secondary N) is 1. The number of thiazole rings is 1. The number of aliphatic imine (C=N–C) groups is 1. The number of guanidine groups is 1. The molecule has 0 atom stereocenters. The summed E-state index contributed by atoms with van der Waals surface area (Å²) < 4.78 is 0. The molecule has 1 N–H and O–H groups in total. The molecule has 4 nitrogen and oxygen atoms in total. The molecule has 1 rings (SSSR count). The first kappa shape index (κ1) is 17.7. The molecule has 1 heterocycles. The van der Waals surface area contributed by atoms with E-state index in [0.717, 1.165) is 57.0 Å². The van der Waals surface area contributed by atoms with Crippen molar-refractivity contribution in [1.82, 2.24) is 15.2 Å². The molecule has 0 unspecified atom stereocenters. The Balaban J connectivity index is 2.47. The first-order chi connectivity index (χ1) is 10.2. The minimum atomic E-state index is 0.779. The SMILES string of the molecule is C=CCCCN(C)C(=NCCc1csc(CC)n1)NCC. The average Bonchev–Trinajstić information content (AvgIpc) is 2.94. The number of hydrogen-bond donors (Lipinski definition) is 1. The van der Waals surface area contributed by atoms with E-state index in [2.05, 4.69) is 48.1 Å². The molecule has 1 aromatic rings. The Morgan fingerprint density at radius 1 is 1.52 bits per heavy atom. The van der Waals surface area contributed by atoms with Crippen LogP contribution in [0.4, 0.5) is 0 Å². The zero-order valence-electron chi connectivity index (χ0n) is 13.6. The van der Waals surface area contributed by atoms with Gasteiger partial charge in [0, 0.05) is 38.5 Å². The predicted octanol–water partition coefficient (Wildman–Crippen LogP) is 3.11. The van der Waals surface area contributed by atoms with Gasteiger partial charge >= 0.3 is 0 Å². The smallest absolute Gasteiger partial charge is 0.193 e. The minimum absolute atomic E-state index is 0.779. The van der Waals surface area contributed by atoms with Crippen LogP contribution >= 0.6 is 11.3 Å². The van der Waals surface area contributed by atoms with Crippen LogP contribution in [0.3, 0.4) is 0 Å². The lowest BCUT2D eigenvalue weighted by Gasteiger charge is -2.21. The third-order valence-electron chi connectivity index (χ3n) is 3.13. The molecule has 0 aliphatic carbocycles. The lowest BCUT2D eigenvalue weighted by Crippen LogP contribution is -2.39. The molecule has 21 heavy (non-hydrogen) atoms. The largest absolute Gasteiger partial charge is 0.357 e. The van der Waals surface area contributed by atoms with Gasteiger partial charge in [0.25, 0.3) is 0 Å². The fraction of sp³-hybridized carbons (Fsp3) is 0.625. The van der Waals surface area contributed by atoms with Gasteiger partial charge in [-0.1, -0.05) is 13.0 Å². The van der Waals surface area contributed by atoms with Crippen molar-refractivity contribution in [3.05, 3.63) is 28.7 Å². The molecule has 0 aromatic carbocycles. The highest BCUT2D eigenvalue weighted by atomic mass is 32.1. The van der Waals surface area contributed by atoms with Gasteiger partial charge in [0.2, 0.25) is 0 Å². The molecule has 0 fully saturated rings. The number of aryl methyl sites for hydroxylation is 1. The van der Waals surface area contributed by atoms with E-state index < -0.39 is 0 Å². The maximum absolute atomic E-state index is 4.69. The van der Waals surface area contributed by atoms with Crippen LogP contribution in [0.15, 0.2) is 23.0 Å². The molecule has 0 spiro atoms. The lowest BCUT2D eigenvalue weighted by atomic mass is 10.3. The first-order valence-corrected chi connectivity index (χ1v) is 8.62. The molecule has 1 aromatic heterocycles. The van der Waals surface area contributed by atoms with E-state index in [1.807, 2.05) is 6.08 Å². The van der Waals surface area contributed by atoms with Gasteiger partial charge in [-0.05, 0) is 26.2 Å². The van der Waals surface area contributed by atoms with Crippen LogP contribution < -0.4 is 5.32 Å². The third kappa shape index (κ3) is 6.76. The van der Waals surface area contributed by atoms with Crippen LogP contribution in [0.2, 0.25) is 0 Å². The zero-order valence-corrected chi connectivity index (χ0v) is 14.4. The molecule has 0 saturated carbocycles. The Labute approximate surface area is 133 Å². The van der Waals surface area contributed by atoms with E-state index in [1.165, 1.54) is 5.01 Å². The Morgan fingerprint density at radius 2 is 2.33 bits per heavy atom. The molecular weight excluding hydrogens is 280 g/mol. The number of rotatable bonds is 9. The first-order valence-electron chi connectivity index (χ1n) is 7.74. The number of nitrogens with zero attached hydrogens (tertiary/aromatic N) is 3. The summed E-state index contributed by atoms with van der Waals surface area (Å²) in [5.41, 5.74) is 1.16. The van der Waals surface area contributed by atoms with E-state index >= 15 is 0 Å². The standard InChI is InChI=1S/C16H28N4S/c1-5-8-9-12-20(4)16(17-7-3)18-11-10-14-13-21-15(6-2)19-14/h5,13H,1,6-12H2,2-4H3,(H,17,18). The van der Waals surface area contributed by atoms with Crippen molar-refractivity contribution in [2.24, 2.45) is 4.99 Å². The van der Waals surface area contributed by atoms with Crippen LogP contribution in [-0.2, 0) is 12.8 Å². The van der Waals surface area contributed by atoms with Gasteiger partial charge < -0.3 is 10.2 Å². The van der Waals surface area contributed by atoms with Crippen LogP contribution in [0.5, 0.6) is 0 Å². The summed E-state index contributed by atoms with van der Waals surface area (Å²) in [4.78, 5) is 11.5. The number of aromatic nitrogens is 1. The van der Waals surface area contributed by atoms with E-state index in [-0.39, 0.29) is 0 Å². The van der Waals surface area contributed by atoms with E-state index in [1.54, 1.807) is 11.3 Å². The van der Waals surface area contributed by atoms with Gasteiger partial charge in [0.1, 0.15) is 0 Å². The van der Waals surface area contributed by atoms with E-state index in [9.17, 15) is 0 Å². The van der Waals surface area contributed by atoms with Gasteiger partial charge in [0.15, 0.2) is 5.96 Å². The maximum Gasteiger partial charge on any atom is 0.193 e. The summed E-state index contributed by atoms with van der Waals surface area (Å²) in [7, 11) is 2.09. The van der Waals surface area contributed by atoms with Crippen molar-refractivity contribution in [3.8, 4) is 0 Å². The Morgan fingerprint density at radius 3 is 2.95 bits per heavy atom. The maximum atomic E-state index is 4.69. The normalized spacial score (nSPS) is 11.5. The number of hydrogen-bond acceptors (Lipinski definition) is 3. The monoisotopic (exact) mass is 308 g/mol. The Hall–Kier alpha value is -1.36. The quantitative estimate of drug-likeness (QED) is 0.330. The van der Waals surface area contributed by atoms with Crippen molar-refractivity contribution >= 4 is 17.3 Å². The molecular formula is C16H28N4S. The molecule has 0 amide bonds. The summed E-state index contributed by atoms with van der Waals surface area (Å²) in [5, 5.41) is 6.70. The van der Waals surface area contributed by atoms with Gasteiger partial charge in [-0.15, -0.1) is 17.9 Å². The van der Waals surface area contributed by atoms with Gasteiger partial charge in [0.05, 0.1) is 10.7 Å². The van der Waals surface area contributed by atoms with Crippen LogP contribution in [0.25, 0.3) is 0 Å². The minimum Gasteiger partial charge on any atom is -0.357 e. The highest BCUT2D eigenvalue weighted by Crippen LogP contribution is 2.10. The van der Waals surface area contributed by atoms with Gasteiger partial charge in [-0.2, -0.15) is 0 Å².